The van der Waals surface area contributed by atoms with Gasteiger partial charge < -0.3 is 9.72 Å². The molecule has 0 aliphatic heterocycles. The number of rotatable bonds is 4. The van der Waals surface area contributed by atoms with Crippen molar-refractivity contribution in [2.45, 2.75) is 24.9 Å². The molecular weight excluding hydrogens is 478 g/mol. The largest absolute Gasteiger partial charge is 0.424 e. The van der Waals surface area contributed by atoms with E-state index in [1.54, 1.807) is 0 Å². The average Bonchev–Trinajstić information content (AvgIpc) is 3.11. The number of nitrogens with one attached hydrogen (secondary N) is 2. The smallest absolute Gasteiger partial charge is 0.309 e. The topological polar surface area (TPSA) is 88.0 Å². The monoisotopic (exact) mass is 488 g/mol. The highest BCUT2D eigenvalue weighted by molar-refractivity contribution is 6.35. The molecule has 0 spiro atoms. The number of amides is 1. The number of hydrogen-bond donors (Lipinski definition) is 2. The molecule has 1 aliphatic rings. The molecule has 1 aromatic carbocycles. The molecule has 1 fully saturated rings. The van der Waals surface area contributed by atoms with Crippen molar-refractivity contribution in [3.63, 3.8) is 0 Å². The van der Waals surface area contributed by atoms with Gasteiger partial charge in [-0.25, -0.2) is 18.2 Å². The number of anilines is 1. The van der Waals surface area contributed by atoms with Gasteiger partial charge in [0.25, 0.3) is 0 Å². The second kappa shape index (κ2) is 7.33. The molecule has 0 saturated heterocycles. The minimum Gasteiger partial charge on any atom is -0.309 e. The van der Waals surface area contributed by atoms with Crippen LogP contribution in [0.3, 0.4) is 0 Å². The third-order valence-electron chi connectivity index (χ3n) is 5.27. The lowest BCUT2D eigenvalue weighted by atomic mass is 9.99. The maximum atomic E-state index is 14.9. The number of nitrogens with zero attached hydrogens (tertiary/aromatic N) is 4. The number of aromatic nitrogens is 5. The summed E-state index contributed by atoms with van der Waals surface area (Å²) >= 11 is 6.04. The summed E-state index contributed by atoms with van der Waals surface area (Å²) in [6, 6.07) is 0. The van der Waals surface area contributed by atoms with Crippen LogP contribution in [0.2, 0.25) is 5.02 Å². The maximum absolute atomic E-state index is 14.9. The van der Waals surface area contributed by atoms with Crippen molar-refractivity contribution >= 4 is 39.9 Å². The van der Waals surface area contributed by atoms with Crippen LogP contribution >= 0.6 is 11.6 Å². The lowest BCUT2D eigenvalue weighted by Crippen LogP contribution is -2.18. The van der Waals surface area contributed by atoms with Gasteiger partial charge in [-0.1, -0.05) is 11.6 Å². The molecule has 14 heteroatoms. The van der Waals surface area contributed by atoms with E-state index in [4.69, 9.17) is 11.6 Å². The molecule has 172 valence electrons. The van der Waals surface area contributed by atoms with Gasteiger partial charge in [-0.05, 0) is 6.42 Å². The molecule has 5 rings (SSSR count). The zero-order valence-electron chi connectivity index (χ0n) is 16.1. The predicted molar refractivity (Wildman–Crippen MR) is 105 cm³/mol. The van der Waals surface area contributed by atoms with Crippen LogP contribution < -0.4 is 5.32 Å². The van der Waals surface area contributed by atoms with Crippen LogP contribution in [0.5, 0.6) is 0 Å². The SMILES string of the molecule is O=C(Nc1cn2cc(-c3c(Cl)c(F)c(C(F)C(F)(F)F)c4[nH]ncc34)ncc2n1)[C@@H]1C[C@@H]1F. The minimum atomic E-state index is -5.36. The first-order valence-electron chi connectivity index (χ1n) is 9.41. The van der Waals surface area contributed by atoms with Crippen LogP contribution in [0.1, 0.15) is 18.2 Å². The van der Waals surface area contributed by atoms with Gasteiger partial charge >= 0.3 is 6.18 Å². The number of aromatic amines is 1. The molecule has 3 heterocycles. The van der Waals surface area contributed by atoms with Crippen molar-refractivity contribution in [1.82, 2.24) is 24.6 Å². The van der Waals surface area contributed by atoms with Crippen molar-refractivity contribution in [1.29, 1.82) is 0 Å². The normalized spacial score (nSPS) is 19.2. The van der Waals surface area contributed by atoms with Gasteiger partial charge in [-0.3, -0.25) is 14.9 Å². The number of alkyl halides is 5. The van der Waals surface area contributed by atoms with E-state index < -0.39 is 52.3 Å². The second-order valence-electron chi connectivity index (χ2n) is 7.49. The second-order valence-corrected chi connectivity index (χ2v) is 7.87. The Morgan fingerprint density at radius 3 is 2.70 bits per heavy atom. The summed E-state index contributed by atoms with van der Waals surface area (Å²) in [5.41, 5.74) is -1.64. The molecular formula is C19H11ClF6N6O. The van der Waals surface area contributed by atoms with Crippen molar-refractivity contribution < 1.29 is 31.1 Å². The summed E-state index contributed by atoms with van der Waals surface area (Å²) in [6.07, 6.45) is -4.97. The van der Waals surface area contributed by atoms with Gasteiger partial charge in [0.1, 0.15) is 6.17 Å². The van der Waals surface area contributed by atoms with E-state index in [0.717, 1.165) is 6.20 Å². The van der Waals surface area contributed by atoms with Gasteiger partial charge in [-0.15, -0.1) is 0 Å². The fourth-order valence-electron chi connectivity index (χ4n) is 3.53. The summed E-state index contributed by atoms with van der Waals surface area (Å²) in [4.78, 5) is 20.2. The standard InChI is InChI=1S/C19H11ClF6N6O/c20-14-12(7-2-28-31-16(7)13(15(14)22)17(23)19(24,25)26)9-4-32-5-10(29-11(32)3-27-9)30-18(33)6-1-8(6)21/h2-6,8,17H,1H2,(H,28,31)(H,30,33)/t6-,8+,17?/m1/s1. The maximum Gasteiger partial charge on any atom is 0.424 e. The lowest BCUT2D eigenvalue weighted by molar-refractivity contribution is -0.183. The number of H-pyrrole nitrogens is 1. The molecule has 1 aliphatic carbocycles. The Balaban J connectivity index is 1.59. The average molecular weight is 489 g/mol. The molecule has 4 aromatic rings. The van der Waals surface area contributed by atoms with E-state index in [-0.39, 0.29) is 34.5 Å². The van der Waals surface area contributed by atoms with E-state index in [0.29, 0.717) is 0 Å². The highest BCUT2D eigenvalue weighted by atomic mass is 35.5. The Hall–Kier alpha value is -3.35. The first-order chi connectivity index (χ1) is 15.6. The van der Waals surface area contributed by atoms with Crippen LogP contribution in [0.15, 0.2) is 24.8 Å². The van der Waals surface area contributed by atoms with Crippen molar-refractivity contribution in [3.8, 4) is 11.3 Å². The molecule has 3 atom stereocenters. The highest BCUT2D eigenvalue weighted by Gasteiger charge is 2.45. The number of carbonyl (C=O) groups is 1. The zero-order chi connectivity index (χ0) is 23.7. The number of carbonyl (C=O) groups excluding carboxylic acids is 1. The number of benzene rings is 1. The fourth-order valence-corrected chi connectivity index (χ4v) is 3.83. The molecule has 7 nitrogen and oxygen atoms in total. The van der Waals surface area contributed by atoms with Crippen molar-refractivity contribution in [3.05, 3.63) is 41.2 Å². The number of hydrogen-bond acceptors (Lipinski definition) is 4. The highest BCUT2D eigenvalue weighted by Crippen LogP contribution is 2.45. The van der Waals surface area contributed by atoms with Crippen molar-refractivity contribution in [2.24, 2.45) is 5.92 Å². The molecule has 1 saturated carbocycles. The number of imidazole rings is 1. The molecule has 1 amide bonds. The summed E-state index contributed by atoms with van der Waals surface area (Å²) in [7, 11) is 0. The molecule has 0 bridgehead atoms. The first-order valence-corrected chi connectivity index (χ1v) is 9.78. The van der Waals surface area contributed by atoms with Crippen LogP contribution in [0.4, 0.5) is 32.2 Å². The summed E-state index contributed by atoms with van der Waals surface area (Å²) in [6.45, 7) is 0. The third-order valence-corrected chi connectivity index (χ3v) is 5.62. The summed E-state index contributed by atoms with van der Waals surface area (Å²) < 4.78 is 82.3. The Kier molecular flexibility index (Phi) is 4.78. The van der Waals surface area contributed by atoms with Gasteiger partial charge in [0.15, 0.2) is 17.3 Å². The van der Waals surface area contributed by atoms with Gasteiger partial charge in [0.2, 0.25) is 12.1 Å². The van der Waals surface area contributed by atoms with E-state index in [9.17, 15) is 31.1 Å². The molecule has 1 unspecified atom stereocenters. The van der Waals surface area contributed by atoms with E-state index >= 15 is 0 Å². The number of halogens is 7. The summed E-state index contributed by atoms with van der Waals surface area (Å²) in [5, 5.41) is 7.43. The van der Waals surface area contributed by atoms with Crippen LogP contribution in [0, 0.1) is 11.7 Å². The first kappa shape index (κ1) is 21.5. The lowest BCUT2D eigenvalue weighted by Gasteiger charge is -2.17. The number of fused-ring (bicyclic) bond motifs is 2. The van der Waals surface area contributed by atoms with E-state index in [1.165, 1.54) is 23.0 Å². The minimum absolute atomic E-state index is 0.0214. The van der Waals surface area contributed by atoms with E-state index in [2.05, 4.69) is 25.5 Å². The van der Waals surface area contributed by atoms with Crippen molar-refractivity contribution in [2.75, 3.05) is 5.32 Å². The quantitative estimate of drug-likeness (QED) is 0.399. The van der Waals surface area contributed by atoms with Crippen LogP contribution in [0.25, 0.3) is 27.8 Å². The van der Waals surface area contributed by atoms with E-state index in [1.807, 2.05) is 0 Å². The summed E-state index contributed by atoms with van der Waals surface area (Å²) in [5.74, 6) is -2.73. The Morgan fingerprint density at radius 1 is 1.30 bits per heavy atom. The molecule has 0 radical (unpaired) electrons. The van der Waals surface area contributed by atoms with Gasteiger partial charge in [-0.2, -0.15) is 18.3 Å². The Bertz CT molecular complexity index is 1420. The Morgan fingerprint density at radius 2 is 2.03 bits per heavy atom. The molecule has 2 N–H and O–H groups in total. The van der Waals surface area contributed by atoms with Gasteiger partial charge in [0.05, 0.1) is 46.3 Å². The molecule has 33 heavy (non-hydrogen) atoms. The zero-order valence-corrected chi connectivity index (χ0v) is 16.8. The predicted octanol–water partition coefficient (Wildman–Crippen LogP) is 4.93. The molecule has 3 aromatic heterocycles. The van der Waals surface area contributed by atoms with Crippen LogP contribution in [-0.2, 0) is 4.79 Å². The fraction of sp³-hybridized carbons (Fsp3) is 0.263. The Labute approximate surface area is 184 Å². The third kappa shape index (κ3) is 3.56. The van der Waals surface area contributed by atoms with Gasteiger partial charge in [0, 0.05) is 17.1 Å². The van der Waals surface area contributed by atoms with Crippen LogP contribution in [-0.4, -0.2) is 42.8 Å².